The van der Waals surface area contributed by atoms with Crippen LogP contribution in [0.1, 0.15) is 78.1 Å². The highest BCUT2D eigenvalue weighted by atomic mass is 19.3. The van der Waals surface area contributed by atoms with Gasteiger partial charge in [-0.25, -0.2) is 18.6 Å². The Bertz CT molecular complexity index is 2560. The van der Waals surface area contributed by atoms with Crippen molar-refractivity contribution in [1.82, 2.24) is 34.9 Å². The second kappa shape index (κ2) is 16.5. The van der Waals surface area contributed by atoms with Crippen LogP contribution in [0.3, 0.4) is 0 Å². The van der Waals surface area contributed by atoms with Gasteiger partial charge in [-0.15, -0.1) is 10.2 Å². The van der Waals surface area contributed by atoms with E-state index in [9.17, 15) is 19.5 Å². The predicted molar refractivity (Wildman–Crippen MR) is 232 cm³/mol. The van der Waals surface area contributed by atoms with E-state index in [-0.39, 0.29) is 55.6 Å². The molecule has 4 amide bonds. The topological polar surface area (TPSA) is 175 Å². The van der Waals surface area contributed by atoms with E-state index in [0.29, 0.717) is 73.4 Å². The monoisotopic (exact) mass is 860 g/mol. The summed E-state index contributed by atoms with van der Waals surface area (Å²) in [6.45, 7) is 3.01. The summed E-state index contributed by atoms with van der Waals surface area (Å²) in [5, 5.41) is 22.1. The number of hydrogen-bond acceptors (Lipinski definition) is 11. The van der Waals surface area contributed by atoms with Gasteiger partial charge >= 0.3 is 6.03 Å². The smallest absolute Gasteiger partial charge is 0.328 e. The Kier molecular flexibility index (Phi) is 10.7. The Balaban J connectivity index is 0.740. The van der Waals surface area contributed by atoms with E-state index in [4.69, 9.17) is 15.5 Å². The number of carbonyl (C=O) groups excluding carboxylic acids is 3. The van der Waals surface area contributed by atoms with E-state index in [1.54, 1.807) is 47.5 Å². The molecular formula is C46H50F2N10O5. The molecule has 0 bridgehead atoms. The molecule has 4 aliphatic heterocycles. The molecule has 1 aliphatic carbocycles. The number of ether oxygens (including phenoxy) is 1. The Labute approximate surface area is 362 Å². The Morgan fingerprint density at radius 3 is 2.49 bits per heavy atom. The number of anilines is 3. The molecule has 5 aromatic rings. The summed E-state index contributed by atoms with van der Waals surface area (Å²) >= 11 is 0. The Morgan fingerprint density at radius 1 is 0.952 bits per heavy atom. The van der Waals surface area contributed by atoms with Crippen molar-refractivity contribution in [3.8, 4) is 17.0 Å². The average molecular weight is 861 g/mol. The summed E-state index contributed by atoms with van der Waals surface area (Å²) in [7, 11) is 0. The minimum absolute atomic E-state index is 0.0891. The van der Waals surface area contributed by atoms with Gasteiger partial charge in [-0.2, -0.15) is 0 Å². The number of amides is 4. The van der Waals surface area contributed by atoms with Crippen LogP contribution in [0.4, 0.5) is 30.8 Å². The van der Waals surface area contributed by atoms with Crippen molar-refractivity contribution in [2.75, 3.05) is 74.5 Å². The molecular weight excluding hydrogens is 811 g/mol. The number of nitrogen functional groups attached to an aromatic ring is 1. The first-order chi connectivity index (χ1) is 30.5. The number of urea groups is 1. The minimum atomic E-state index is -3.04. The van der Waals surface area contributed by atoms with Crippen molar-refractivity contribution in [2.45, 2.75) is 62.5 Å². The van der Waals surface area contributed by atoms with Crippen molar-refractivity contribution in [3.05, 3.63) is 89.7 Å². The highest BCUT2D eigenvalue weighted by Gasteiger charge is 2.47. The van der Waals surface area contributed by atoms with Crippen molar-refractivity contribution < 1.29 is 33.0 Å². The number of benzene rings is 2. The van der Waals surface area contributed by atoms with Gasteiger partial charge < -0.3 is 34.8 Å². The minimum Gasteiger partial charge on any atom is -0.507 e. The van der Waals surface area contributed by atoms with Crippen LogP contribution in [0, 0.1) is 5.92 Å². The molecule has 4 saturated heterocycles. The maximum Gasteiger partial charge on any atom is 0.328 e. The molecule has 2 atom stereocenters. The van der Waals surface area contributed by atoms with Gasteiger partial charge in [0, 0.05) is 86.9 Å². The lowest BCUT2D eigenvalue weighted by Gasteiger charge is -2.42. The first-order valence-electron chi connectivity index (χ1n) is 21.9. The van der Waals surface area contributed by atoms with Crippen LogP contribution in [0.15, 0.2) is 73.1 Å². The second-order valence-corrected chi connectivity index (χ2v) is 17.5. The van der Waals surface area contributed by atoms with Gasteiger partial charge in [0.05, 0.1) is 36.4 Å². The number of imide groups is 1. The Hall–Kier alpha value is -6.20. The number of alkyl halides is 2. The second-order valence-electron chi connectivity index (χ2n) is 17.5. The van der Waals surface area contributed by atoms with Crippen LogP contribution in [0.5, 0.6) is 5.75 Å². The highest BCUT2D eigenvalue weighted by Crippen LogP contribution is 2.46. The first kappa shape index (κ1) is 40.8. The number of pyridine rings is 1. The third kappa shape index (κ3) is 8.15. The highest BCUT2D eigenvalue weighted by molar-refractivity contribution is 6.06. The van der Waals surface area contributed by atoms with Crippen molar-refractivity contribution in [1.29, 1.82) is 0 Å². The number of phenols is 1. The number of piperidine rings is 2. The SMILES string of the molecule is Nc1nnc(-c2ccccc2O)cc1N1CCO[C@H](c2ccc(C(=O)N3CC[C@@H](CN4CCC(n5cc(C6CC6)c6cc(N7CCC(=O)NC7=O)cnc65)CC4)C(F)(F)C3)cc2)C1. The van der Waals surface area contributed by atoms with Crippen LogP contribution in [-0.4, -0.2) is 117 Å². The fourth-order valence-electron chi connectivity index (χ4n) is 9.74. The normalized spacial score (nSPS) is 22.4. The molecule has 2 aromatic carbocycles. The number of halogens is 2. The average Bonchev–Trinajstić information content (AvgIpc) is 4.07. The molecule has 0 unspecified atom stereocenters. The molecule has 15 nitrogen and oxygen atoms in total. The van der Waals surface area contributed by atoms with E-state index in [0.717, 1.165) is 42.3 Å². The third-order valence-corrected chi connectivity index (χ3v) is 13.4. The molecule has 328 valence electrons. The number of likely N-dealkylation sites (tertiary alicyclic amines) is 2. The predicted octanol–water partition coefficient (Wildman–Crippen LogP) is 6.12. The molecule has 63 heavy (non-hydrogen) atoms. The van der Waals surface area contributed by atoms with Gasteiger partial charge in [-0.05, 0) is 85.5 Å². The van der Waals surface area contributed by atoms with E-state index >= 15 is 8.78 Å². The number of nitrogens with two attached hydrogens (primary N) is 1. The fraction of sp³-hybridized carbons (Fsp3) is 0.435. The van der Waals surface area contributed by atoms with E-state index < -0.39 is 30.3 Å². The lowest BCUT2D eigenvalue weighted by molar-refractivity contribution is -0.120. The maximum atomic E-state index is 15.9. The standard InChI is InChI=1S/C46H50F2N10O5/c47-46(48)27-56(44(61)30-9-7-29(8-10-30)40-26-55(19-20-63-40)38-22-37(52-53-42(38)49)34-3-1-2-4-39(34)59)17-11-31(46)24-54-15-12-32(13-16-54)58-25-36(28-5-6-28)35-21-33(23-50-43(35)58)57-18-14-41(60)51-45(57)62/h1-4,7-10,21-23,25,28,31-32,40,59H,5-6,11-20,24,26-27H2,(H2,49,53)(H,51,60,62)/t31-,40-/m0/s1. The number of morpholine rings is 1. The van der Waals surface area contributed by atoms with Crippen LogP contribution < -0.4 is 20.9 Å². The molecule has 5 fully saturated rings. The quantitative estimate of drug-likeness (QED) is 0.156. The zero-order valence-electron chi connectivity index (χ0n) is 34.8. The van der Waals surface area contributed by atoms with Crippen LogP contribution in [-0.2, 0) is 9.53 Å². The molecule has 3 aromatic heterocycles. The number of hydrogen-bond donors (Lipinski definition) is 3. The summed E-state index contributed by atoms with van der Waals surface area (Å²) < 4.78 is 40.1. The molecule has 17 heteroatoms. The maximum absolute atomic E-state index is 15.9. The number of carbonyl (C=O) groups is 3. The van der Waals surface area contributed by atoms with Crippen LogP contribution in [0.25, 0.3) is 22.3 Å². The van der Waals surface area contributed by atoms with Gasteiger partial charge in [0.15, 0.2) is 5.82 Å². The lowest BCUT2D eigenvalue weighted by Crippen LogP contribution is -2.54. The van der Waals surface area contributed by atoms with E-state index in [1.807, 2.05) is 24.3 Å². The van der Waals surface area contributed by atoms with E-state index in [2.05, 4.69) is 36.1 Å². The molecule has 10 rings (SSSR count). The molecule has 7 heterocycles. The molecule has 5 aliphatic rings. The van der Waals surface area contributed by atoms with Crippen molar-refractivity contribution in [3.63, 3.8) is 0 Å². The number of rotatable bonds is 9. The number of phenolic OH excluding ortho intramolecular Hbond substituents is 1. The molecule has 1 saturated carbocycles. The summed E-state index contributed by atoms with van der Waals surface area (Å²) in [6, 6.07) is 17.4. The van der Waals surface area contributed by atoms with Gasteiger partial charge in [0.1, 0.15) is 17.5 Å². The Morgan fingerprint density at radius 2 is 1.75 bits per heavy atom. The van der Waals surface area contributed by atoms with Crippen molar-refractivity contribution in [2.24, 2.45) is 5.92 Å². The summed E-state index contributed by atoms with van der Waals surface area (Å²) in [5.74, 6) is -3.79. The van der Waals surface area contributed by atoms with Gasteiger partial charge in [0.25, 0.3) is 11.8 Å². The van der Waals surface area contributed by atoms with Gasteiger partial charge in [-0.1, -0.05) is 24.3 Å². The van der Waals surface area contributed by atoms with Gasteiger partial charge in [0.2, 0.25) is 5.91 Å². The van der Waals surface area contributed by atoms with Crippen LogP contribution >= 0.6 is 0 Å². The largest absolute Gasteiger partial charge is 0.507 e. The zero-order valence-corrected chi connectivity index (χ0v) is 34.8. The van der Waals surface area contributed by atoms with Crippen LogP contribution in [0.2, 0.25) is 0 Å². The first-order valence-corrected chi connectivity index (χ1v) is 21.9. The number of aromatic hydroxyl groups is 1. The van der Waals surface area contributed by atoms with Crippen molar-refractivity contribution >= 4 is 46.1 Å². The molecule has 0 radical (unpaired) electrons. The fourth-order valence-corrected chi connectivity index (χ4v) is 9.74. The summed E-state index contributed by atoms with van der Waals surface area (Å²) in [6.07, 6.45) is 7.83. The third-order valence-electron chi connectivity index (χ3n) is 13.4. The molecule has 0 spiro atoms. The number of nitrogens with one attached hydrogen (secondary N) is 1. The molecule has 4 N–H and O–H groups in total. The summed E-state index contributed by atoms with van der Waals surface area (Å²) in [4.78, 5) is 49.8. The summed E-state index contributed by atoms with van der Waals surface area (Å²) in [5.41, 5.74) is 11.9. The number of aromatic nitrogens is 4. The number of fused-ring (bicyclic) bond motifs is 1. The van der Waals surface area contributed by atoms with Gasteiger partial charge in [-0.3, -0.25) is 19.8 Å². The number of para-hydroxylation sites is 1. The van der Waals surface area contributed by atoms with E-state index in [1.165, 1.54) is 10.5 Å². The number of nitrogens with zero attached hydrogens (tertiary/aromatic N) is 8. The lowest BCUT2D eigenvalue weighted by atomic mass is 9.90. The zero-order chi connectivity index (χ0) is 43.4.